The van der Waals surface area contributed by atoms with Crippen LogP contribution in [0, 0.1) is 5.82 Å². The maximum absolute atomic E-state index is 13.1. The van der Waals surface area contributed by atoms with Crippen LogP contribution in [0.25, 0.3) is 0 Å². The maximum atomic E-state index is 13.1. The van der Waals surface area contributed by atoms with E-state index in [4.69, 9.17) is 10.8 Å². The SMILES string of the molecule is Cl.N[C@H](c1ccc(O)c(F)c1)c1cccs1. The third kappa shape index (κ3) is 2.52. The van der Waals surface area contributed by atoms with Crippen LogP contribution in [-0.2, 0) is 0 Å². The third-order valence-electron chi connectivity index (χ3n) is 2.18. The van der Waals surface area contributed by atoms with Gasteiger partial charge in [-0.3, -0.25) is 0 Å². The Morgan fingerprint density at radius 1 is 1.31 bits per heavy atom. The van der Waals surface area contributed by atoms with Gasteiger partial charge in [-0.25, -0.2) is 4.39 Å². The summed E-state index contributed by atoms with van der Waals surface area (Å²) in [5, 5.41) is 11.0. The highest BCUT2D eigenvalue weighted by molar-refractivity contribution is 7.10. The Hall–Kier alpha value is -1.10. The second-order valence-corrected chi connectivity index (χ2v) is 4.18. The monoisotopic (exact) mass is 259 g/mol. The molecule has 0 saturated carbocycles. The maximum Gasteiger partial charge on any atom is 0.165 e. The molecule has 0 aliphatic carbocycles. The minimum absolute atomic E-state index is 0. The van der Waals surface area contributed by atoms with E-state index < -0.39 is 5.82 Å². The summed E-state index contributed by atoms with van der Waals surface area (Å²) in [7, 11) is 0. The Kier molecular flexibility index (Phi) is 4.29. The number of rotatable bonds is 2. The van der Waals surface area contributed by atoms with E-state index in [1.54, 1.807) is 6.07 Å². The number of phenolic OH excluding ortho intramolecular Hbond substituents is 1. The van der Waals surface area contributed by atoms with Gasteiger partial charge in [0.1, 0.15) is 0 Å². The number of hydrogen-bond acceptors (Lipinski definition) is 3. The summed E-state index contributed by atoms with van der Waals surface area (Å²) in [5.41, 5.74) is 6.60. The second kappa shape index (κ2) is 5.30. The van der Waals surface area contributed by atoms with Crippen molar-refractivity contribution in [2.45, 2.75) is 6.04 Å². The lowest BCUT2D eigenvalue weighted by Gasteiger charge is -2.10. The molecule has 0 unspecified atom stereocenters. The molecule has 1 aromatic heterocycles. The molecule has 0 fully saturated rings. The molecular formula is C11H11ClFNOS. The number of phenols is 1. The van der Waals surface area contributed by atoms with Gasteiger partial charge in [-0.15, -0.1) is 23.7 Å². The molecule has 0 saturated heterocycles. The van der Waals surface area contributed by atoms with Gasteiger partial charge >= 0.3 is 0 Å². The molecular weight excluding hydrogens is 249 g/mol. The molecule has 2 nitrogen and oxygen atoms in total. The van der Waals surface area contributed by atoms with E-state index >= 15 is 0 Å². The first-order chi connectivity index (χ1) is 7.18. The minimum Gasteiger partial charge on any atom is -0.505 e. The van der Waals surface area contributed by atoms with E-state index in [1.807, 2.05) is 17.5 Å². The van der Waals surface area contributed by atoms with Crippen molar-refractivity contribution in [3.05, 3.63) is 52.0 Å². The Labute approximate surface area is 103 Å². The van der Waals surface area contributed by atoms with Crippen LogP contribution in [0.15, 0.2) is 35.7 Å². The highest BCUT2D eigenvalue weighted by Gasteiger charge is 2.11. The van der Waals surface area contributed by atoms with Gasteiger partial charge < -0.3 is 10.8 Å². The quantitative estimate of drug-likeness (QED) is 0.871. The predicted molar refractivity (Wildman–Crippen MR) is 65.7 cm³/mol. The fourth-order valence-electron chi connectivity index (χ4n) is 1.35. The summed E-state index contributed by atoms with van der Waals surface area (Å²) in [6.07, 6.45) is 0. The molecule has 1 atom stereocenters. The van der Waals surface area contributed by atoms with Crippen LogP contribution >= 0.6 is 23.7 Å². The molecule has 0 radical (unpaired) electrons. The van der Waals surface area contributed by atoms with Gasteiger partial charge in [0.05, 0.1) is 6.04 Å². The number of halogens is 2. The van der Waals surface area contributed by atoms with Crippen molar-refractivity contribution in [3.8, 4) is 5.75 Å². The zero-order valence-electron chi connectivity index (χ0n) is 8.26. The standard InChI is InChI=1S/C11H10FNOS.ClH/c12-8-6-7(3-4-9(8)14)11(13)10-2-1-5-15-10;/h1-6,11,14H,13H2;1H/t11-;/m1./s1. The van der Waals surface area contributed by atoms with E-state index in [-0.39, 0.29) is 24.2 Å². The molecule has 16 heavy (non-hydrogen) atoms. The minimum atomic E-state index is -0.639. The summed E-state index contributed by atoms with van der Waals surface area (Å²) < 4.78 is 13.1. The number of nitrogens with two attached hydrogens (primary N) is 1. The van der Waals surface area contributed by atoms with Gasteiger partial charge in [-0.05, 0) is 29.1 Å². The summed E-state index contributed by atoms with van der Waals surface area (Å²) in [6, 6.07) is 7.68. The molecule has 0 aliphatic heterocycles. The van der Waals surface area contributed by atoms with Gasteiger partial charge in [-0.1, -0.05) is 12.1 Å². The highest BCUT2D eigenvalue weighted by atomic mass is 35.5. The van der Waals surface area contributed by atoms with Crippen molar-refractivity contribution in [3.63, 3.8) is 0 Å². The van der Waals surface area contributed by atoms with Crippen molar-refractivity contribution in [1.82, 2.24) is 0 Å². The topological polar surface area (TPSA) is 46.2 Å². The largest absolute Gasteiger partial charge is 0.505 e. The Morgan fingerprint density at radius 2 is 2.06 bits per heavy atom. The highest BCUT2D eigenvalue weighted by Crippen LogP contribution is 2.26. The van der Waals surface area contributed by atoms with E-state index in [0.717, 1.165) is 4.88 Å². The fourth-order valence-corrected chi connectivity index (χ4v) is 2.10. The van der Waals surface area contributed by atoms with Crippen molar-refractivity contribution >= 4 is 23.7 Å². The number of benzene rings is 1. The van der Waals surface area contributed by atoms with Crippen LogP contribution in [0.1, 0.15) is 16.5 Å². The van der Waals surface area contributed by atoms with Crippen LogP contribution in [0.2, 0.25) is 0 Å². The summed E-state index contributed by atoms with van der Waals surface area (Å²) in [5.74, 6) is -0.989. The van der Waals surface area contributed by atoms with Crippen molar-refractivity contribution < 1.29 is 9.50 Å². The van der Waals surface area contributed by atoms with E-state index in [9.17, 15) is 4.39 Å². The number of hydrogen-bond donors (Lipinski definition) is 2. The predicted octanol–water partition coefficient (Wildman–Crippen LogP) is 3.06. The molecule has 86 valence electrons. The van der Waals surface area contributed by atoms with Crippen molar-refractivity contribution in [2.24, 2.45) is 5.73 Å². The average Bonchev–Trinajstić information content (AvgIpc) is 2.74. The van der Waals surface area contributed by atoms with E-state index in [1.165, 1.54) is 23.5 Å². The molecule has 1 heterocycles. The number of thiophene rings is 1. The first-order valence-corrected chi connectivity index (χ1v) is 5.34. The fraction of sp³-hybridized carbons (Fsp3) is 0.0909. The molecule has 2 aromatic rings. The zero-order chi connectivity index (χ0) is 10.8. The lowest BCUT2D eigenvalue weighted by atomic mass is 10.1. The van der Waals surface area contributed by atoms with Crippen LogP contribution < -0.4 is 5.73 Å². The first kappa shape index (κ1) is 13.0. The summed E-state index contributed by atoms with van der Waals surface area (Å²) >= 11 is 1.53. The molecule has 2 rings (SSSR count). The summed E-state index contributed by atoms with van der Waals surface area (Å²) in [4.78, 5) is 0.972. The Bertz CT molecular complexity index is 461. The Morgan fingerprint density at radius 3 is 2.62 bits per heavy atom. The van der Waals surface area contributed by atoms with Gasteiger partial charge in [0.25, 0.3) is 0 Å². The molecule has 3 N–H and O–H groups in total. The molecule has 5 heteroatoms. The van der Waals surface area contributed by atoms with Gasteiger partial charge in [-0.2, -0.15) is 0 Å². The van der Waals surface area contributed by atoms with Crippen molar-refractivity contribution in [1.29, 1.82) is 0 Å². The second-order valence-electron chi connectivity index (χ2n) is 3.20. The van der Waals surface area contributed by atoms with Crippen LogP contribution in [0.3, 0.4) is 0 Å². The molecule has 0 aliphatic rings. The lowest BCUT2D eigenvalue weighted by Crippen LogP contribution is -2.10. The normalized spacial score (nSPS) is 11.9. The molecule has 0 amide bonds. The molecule has 0 spiro atoms. The lowest BCUT2D eigenvalue weighted by molar-refractivity contribution is 0.431. The van der Waals surface area contributed by atoms with Crippen LogP contribution in [0.4, 0.5) is 4.39 Å². The van der Waals surface area contributed by atoms with E-state index in [2.05, 4.69) is 0 Å². The average molecular weight is 260 g/mol. The van der Waals surface area contributed by atoms with Gasteiger partial charge in [0.2, 0.25) is 0 Å². The molecule has 0 bridgehead atoms. The molecule has 1 aromatic carbocycles. The number of aromatic hydroxyl groups is 1. The van der Waals surface area contributed by atoms with Crippen molar-refractivity contribution in [2.75, 3.05) is 0 Å². The zero-order valence-corrected chi connectivity index (χ0v) is 9.89. The third-order valence-corrected chi connectivity index (χ3v) is 3.14. The Balaban J connectivity index is 0.00000128. The summed E-state index contributed by atoms with van der Waals surface area (Å²) in [6.45, 7) is 0. The van der Waals surface area contributed by atoms with Gasteiger partial charge in [0, 0.05) is 4.88 Å². The first-order valence-electron chi connectivity index (χ1n) is 4.46. The smallest absolute Gasteiger partial charge is 0.165 e. The van der Waals surface area contributed by atoms with Crippen LogP contribution in [0.5, 0.6) is 5.75 Å². The van der Waals surface area contributed by atoms with Crippen LogP contribution in [-0.4, -0.2) is 5.11 Å². The van der Waals surface area contributed by atoms with E-state index in [0.29, 0.717) is 5.56 Å². The van der Waals surface area contributed by atoms with Gasteiger partial charge in [0.15, 0.2) is 11.6 Å².